The van der Waals surface area contributed by atoms with Crippen molar-refractivity contribution in [3.63, 3.8) is 0 Å². The Morgan fingerprint density at radius 1 is 1.27 bits per heavy atom. The highest BCUT2D eigenvalue weighted by molar-refractivity contribution is 5.94. The first kappa shape index (κ1) is 18.2. The summed E-state index contributed by atoms with van der Waals surface area (Å²) in [5.74, 6) is -1.18. The van der Waals surface area contributed by atoms with Gasteiger partial charge in [0.1, 0.15) is 12.4 Å². The van der Waals surface area contributed by atoms with E-state index in [1.54, 1.807) is 0 Å². The summed E-state index contributed by atoms with van der Waals surface area (Å²) in [5.41, 5.74) is 2.03. The van der Waals surface area contributed by atoms with E-state index in [9.17, 15) is 22.4 Å². The zero-order valence-corrected chi connectivity index (χ0v) is 13.9. The van der Waals surface area contributed by atoms with Crippen LogP contribution in [0.4, 0.5) is 17.6 Å². The van der Waals surface area contributed by atoms with Crippen LogP contribution in [-0.2, 0) is 12.8 Å². The van der Waals surface area contributed by atoms with Crippen LogP contribution < -0.4 is 0 Å². The summed E-state index contributed by atoms with van der Waals surface area (Å²) in [6.07, 6.45) is -1.24. The van der Waals surface area contributed by atoms with Crippen LogP contribution in [0.25, 0.3) is 5.69 Å². The third-order valence-corrected chi connectivity index (χ3v) is 4.21. The number of nitrogens with zero attached hydrogens (tertiary/aromatic N) is 3. The van der Waals surface area contributed by atoms with Crippen molar-refractivity contribution in [1.29, 1.82) is 0 Å². The van der Waals surface area contributed by atoms with Crippen LogP contribution >= 0.6 is 0 Å². The molecular weight excluding hydrogens is 350 g/mol. The van der Waals surface area contributed by atoms with Crippen LogP contribution in [0.5, 0.6) is 0 Å². The quantitative estimate of drug-likeness (QED) is 0.597. The molecule has 0 saturated carbocycles. The van der Waals surface area contributed by atoms with Crippen LogP contribution in [0.2, 0.25) is 0 Å². The Morgan fingerprint density at radius 3 is 2.58 bits per heavy atom. The molecular formula is C18H17F4N3O. The molecule has 1 aromatic carbocycles. The smallest absolute Gasteiger partial charge is 0.324 e. The van der Waals surface area contributed by atoms with Crippen molar-refractivity contribution in [3.8, 4) is 5.69 Å². The van der Waals surface area contributed by atoms with Crippen LogP contribution in [0.15, 0.2) is 36.9 Å². The molecule has 1 heterocycles. The third kappa shape index (κ3) is 3.63. The molecule has 1 amide bonds. The number of alkyl halides is 3. The van der Waals surface area contributed by atoms with Gasteiger partial charge in [0.15, 0.2) is 5.69 Å². The number of fused-ring (bicyclic) bond motifs is 1. The van der Waals surface area contributed by atoms with E-state index in [-0.39, 0.29) is 12.2 Å². The summed E-state index contributed by atoms with van der Waals surface area (Å²) in [4.78, 5) is 13.4. The molecule has 3 rings (SSSR count). The second-order valence-electron chi connectivity index (χ2n) is 6.11. The summed E-state index contributed by atoms with van der Waals surface area (Å²) in [6, 6.07) is 5.58. The average molecular weight is 367 g/mol. The molecule has 0 spiro atoms. The Labute approximate surface area is 147 Å². The fourth-order valence-electron chi connectivity index (χ4n) is 3.15. The molecule has 0 fully saturated rings. The average Bonchev–Trinajstić information content (AvgIpc) is 3.16. The van der Waals surface area contributed by atoms with Gasteiger partial charge >= 0.3 is 6.18 Å². The van der Waals surface area contributed by atoms with Gasteiger partial charge in [-0.05, 0) is 43.5 Å². The Balaban J connectivity index is 1.99. The highest BCUT2D eigenvalue weighted by atomic mass is 19.4. The Bertz CT molecular complexity index is 824. The monoisotopic (exact) mass is 367 g/mol. The summed E-state index contributed by atoms with van der Waals surface area (Å²) in [7, 11) is 0. The normalized spacial score (nSPS) is 13.5. The van der Waals surface area contributed by atoms with E-state index in [1.165, 1.54) is 35.0 Å². The van der Waals surface area contributed by atoms with Gasteiger partial charge < -0.3 is 4.90 Å². The molecule has 138 valence electrons. The van der Waals surface area contributed by atoms with E-state index in [4.69, 9.17) is 0 Å². The van der Waals surface area contributed by atoms with Gasteiger partial charge in [-0.25, -0.2) is 9.07 Å². The predicted octanol–water partition coefficient (Wildman–Crippen LogP) is 3.69. The minimum Gasteiger partial charge on any atom is -0.324 e. The highest BCUT2D eigenvalue weighted by Gasteiger charge is 2.36. The number of rotatable bonds is 5. The van der Waals surface area contributed by atoms with Gasteiger partial charge in [0.05, 0.1) is 5.69 Å². The number of amides is 1. The number of halogens is 4. The fraction of sp³-hybridized carbons (Fsp3) is 0.333. The van der Waals surface area contributed by atoms with E-state index in [0.717, 1.165) is 12.1 Å². The summed E-state index contributed by atoms with van der Waals surface area (Å²) in [6.45, 7) is 1.83. The van der Waals surface area contributed by atoms with Crippen molar-refractivity contribution >= 4 is 5.91 Å². The van der Waals surface area contributed by atoms with Gasteiger partial charge in [-0.1, -0.05) is 6.08 Å². The minimum absolute atomic E-state index is 0.0212. The van der Waals surface area contributed by atoms with E-state index >= 15 is 0 Å². The number of carbonyl (C=O) groups is 1. The number of hydrogen-bond donors (Lipinski definition) is 0. The molecule has 4 nitrogen and oxygen atoms in total. The van der Waals surface area contributed by atoms with E-state index < -0.39 is 24.4 Å². The van der Waals surface area contributed by atoms with Crippen molar-refractivity contribution in [3.05, 3.63) is 59.7 Å². The standard InChI is InChI=1S/C18H17F4N3O/c1-2-10-24(11-18(20,21)22)17(26)16-14-4-3-5-15(14)25(23-16)13-8-6-12(19)7-9-13/h2,6-9H,1,3-5,10-11H2. The molecule has 26 heavy (non-hydrogen) atoms. The lowest BCUT2D eigenvalue weighted by Crippen LogP contribution is -2.39. The largest absolute Gasteiger partial charge is 0.406 e. The second kappa shape index (κ2) is 6.93. The SMILES string of the molecule is C=CCN(CC(F)(F)F)C(=O)c1nn(-c2ccc(F)cc2)c2c1CCC2. The summed E-state index contributed by atoms with van der Waals surface area (Å²) in [5, 5.41) is 4.27. The van der Waals surface area contributed by atoms with Crippen LogP contribution in [0.3, 0.4) is 0 Å². The molecule has 0 unspecified atom stereocenters. The van der Waals surface area contributed by atoms with E-state index in [0.29, 0.717) is 29.0 Å². The molecule has 8 heteroatoms. The second-order valence-corrected chi connectivity index (χ2v) is 6.11. The molecule has 1 aromatic heterocycles. The molecule has 0 radical (unpaired) electrons. The van der Waals surface area contributed by atoms with Crippen molar-refractivity contribution in [2.24, 2.45) is 0 Å². The summed E-state index contributed by atoms with van der Waals surface area (Å²) < 4.78 is 53.1. The molecule has 0 N–H and O–H groups in total. The Morgan fingerprint density at radius 2 is 1.96 bits per heavy atom. The Kier molecular flexibility index (Phi) is 4.84. The maximum absolute atomic E-state index is 13.2. The lowest BCUT2D eigenvalue weighted by molar-refractivity contribution is -0.139. The molecule has 2 aromatic rings. The number of benzene rings is 1. The lowest BCUT2D eigenvalue weighted by Gasteiger charge is -2.22. The maximum atomic E-state index is 13.2. The lowest BCUT2D eigenvalue weighted by atomic mass is 10.2. The van der Waals surface area contributed by atoms with Crippen LogP contribution in [0.1, 0.15) is 28.2 Å². The van der Waals surface area contributed by atoms with Crippen molar-refractivity contribution in [2.75, 3.05) is 13.1 Å². The number of hydrogen-bond acceptors (Lipinski definition) is 2. The minimum atomic E-state index is -4.51. The topological polar surface area (TPSA) is 38.1 Å². The zero-order valence-electron chi connectivity index (χ0n) is 13.9. The number of carbonyl (C=O) groups excluding carboxylic acids is 1. The summed E-state index contributed by atoms with van der Waals surface area (Å²) >= 11 is 0. The van der Waals surface area contributed by atoms with E-state index in [2.05, 4.69) is 11.7 Å². The third-order valence-electron chi connectivity index (χ3n) is 4.21. The first-order valence-corrected chi connectivity index (χ1v) is 8.14. The predicted molar refractivity (Wildman–Crippen MR) is 87.7 cm³/mol. The van der Waals surface area contributed by atoms with Gasteiger partial charge in [0.25, 0.3) is 5.91 Å². The van der Waals surface area contributed by atoms with Gasteiger partial charge in [0, 0.05) is 17.8 Å². The highest BCUT2D eigenvalue weighted by Crippen LogP contribution is 2.29. The first-order chi connectivity index (χ1) is 12.3. The zero-order chi connectivity index (χ0) is 18.9. The molecule has 0 aliphatic heterocycles. The van der Waals surface area contributed by atoms with Crippen LogP contribution in [0, 0.1) is 5.82 Å². The van der Waals surface area contributed by atoms with E-state index in [1.807, 2.05) is 0 Å². The van der Waals surface area contributed by atoms with Gasteiger partial charge in [0.2, 0.25) is 0 Å². The Hall–Kier alpha value is -2.64. The van der Waals surface area contributed by atoms with Gasteiger partial charge in [-0.2, -0.15) is 18.3 Å². The number of aromatic nitrogens is 2. The van der Waals surface area contributed by atoms with Gasteiger partial charge in [-0.15, -0.1) is 6.58 Å². The molecule has 1 aliphatic carbocycles. The van der Waals surface area contributed by atoms with Crippen molar-refractivity contribution in [2.45, 2.75) is 25.4 Å². The van der Waals surface area contributed by atoms with Crippen molar-refractivity contribution < 1.29 is 22.4 Å². The molecule has 0 atom stereocenters. The maximum Gasteiger partial charge on any atom is 0.406 e. The fourth-order valence-corrected chi connectivity index (χ4v) is 3.15. The van der Waals surface area contributed by atoms with Crippen LogP contribution in [-0.4, -0.2) is 39.9 Å². The first-order valence-electron chi connectivity index (χ1n) is 8.14. The molecule has 1 aliphatic rings. The molecule has 0 saturated heterocycles. The molecule has 0 bridgehead atoms. The van der Waals surface area contributed by atoms with Crippen molar-refractivity contribution in [1.82, 2.24) is 14.7 Å². The van der Waals surface area contributed by atoms with Gasteiger partial charge in [-0.3, -0.25) is 4.79 Å².